The summed E-state index contributed by atoms with van der Waals surface area (Å²) in [7, 11) is 1.55. The molecule has 0 atom stereocenters. The van der Waals surface area contributed by atoms with Gasteiger partial charge in [0.05, 0.1) is 0 Å². The van der Waals surface area contributed by atoms with Crippen LogP contribution in [-0.4, -0.2) is 13.0 Å². The van der Waals surface area contributed by atoms with Crippen molar-refractivity contribution in [3.63, 3.8) is 0 Å². The zero-order chi connectivity index (χ0) is 14.0. The van der Waals surface area contributed by atoms with Crippen LogP contribution in [0.5, 0.6) is 0 Å². The number of benzene rings is 2. The first-order valence-electron chi connectivity index (χ1n) is 5.57. The first-order valence-corrected chi connectivity index (χ1v) is 5.57. The van der Waals surface area contributed by atoms with Gasteiger partial charge < -0.3 is 10.6 Å². The van der Waals surface area contributed by atoms with Gasteiger partial charge in [0.25, 0.3) is 5.91 Å². The van der Waals surface area contributed by atoms with Crippen molar-refractivity contribution in [1.29, 1.82) is 0 Å². The molecular weight excluding hydrogens is 250 g/mol. The summed E-state index contributed by atoms with van der Waals surface area (Å²) in [4.78, 5) is 13.4. The van der Waals surface area contributed by atoms with Crippen LogP contribution < -0.4 is 10.6 Å². The minimum absolute atomic E-state index is 0.0817. The third kappa shape index (κ3) is 2.70. The normalized spacial score (nSPS) is 10.3. The molecule has 5 heteroatoms. The smallest absolute Gasteiger partial charge is 0.258 e. The first kappa shape index (κ1) is 13.0. The van der Waals surface area contributed by atoms with E-state index in [1.54, 1.807) is 31.3 Å². The minimum Gasteiger partial charge on any atom is -0.399 e. The van der Waals surface area contributed by atoms with Gasteiger partial charge in [0.2, 0.25) is 0 Å². The predicted octanol–water partition coefficient (Wildman–Crippen LogP) is 2.82. The molecule has 1 amide bonds. The Bertz CT molecular complexity index is 611. The molecule has 3 nitrogen and oxygen atoms in total. The van der Waals surface area contributed by atoms with Crippen molar-refractivity contribution in [2.45, 2.75) is 0 Å². The molecule has 0 radical (unpaired) electrons. The van der Waals surface area contributed by atoms with Gasteiger partial charge >= 0.3 is 0 Å². The average Bonchev–Trinajstić information content (AvgIpc) is 2.41. The average molecular weight is 262 g/mol. The molecular formula is C14H12F2N2O. The van der Waals surface area contributed by atoms with Crippen LogP contribution in [0.2, 0.25) is 0 Å². The van der Waals surface area contributed by atoms with Crippen molar-refractivity contribution in [2.24, 2.45) is 0 Å². The maximum absolute atomic E-state index is 13.1. The third-order valence-corrected chi connectivity index (χ3v) is 2.75. The number of anilines is 2. The van der Waals surface area contributed by atoms with Gasteiger partial charge in [-0.25, -0.2) is 8.78 Å². The van der Waals surface area contributed by atoms with Gasteiger partial charge in [-0.15, -0.1) is 0 Å². The monoisotopic (exact) mass is 262 g/mol. The van der Waals surface area contributed by atoms with Gasteiger partial charge in [-0.3, -0.25) is 4.79 Å². The Morgan fingerprint density at radius 1 is 1.05 bits per heavy atom. The molecule has 0 saturated carbocycles. The lowest BCUT2D eigenvalue weighted by atomic mass is 10.1. The van der Waals surface area contributed by atoms with E-state index in [1.807, 2.05) is 0 Å². The van der Waals surface area contributed by atoms with E-state index in [-0.39, 0.29) is 5.56 Å². The van der Waals surface area contributed by atoms with Crippen LogP contribution in [0.4, 0.5) is 20.2 Å². The number of hydrogen-bond acceptors (Lipinski definition) is 2. The van der Waals surface area contributed by atoms with E-state index in [1.165, 1.54) is 11.0 Å². The van der Waals surface area contributed by atoms with Crippen molar-refractivity contribution in [1.82, 2.24) is 0 Å². The lowest BCUT2D eigenvalue weighted by Gasteiger charge is -2.17. The molecule has 0 fully saturated rings. The molecule has 2 aromatic carbocycles. The zero-order valence-electron chi connectivity index (χ0n) is 10.2. The summed E-state index contributed by atoms with van der Waals surface area (Å²) in [6, 6.07) is 9.72. The van der Waals surface area contributed by atoms with Crippen molar-refractivity contribution >= 4 is 17.3 Å². The van der Waals surface area contributed by atoms with E-state index >= 15 is 0 Å². The Morgan fingerprint density at radius 3 is 2.26 bits per heavy atom. The summed E-state index contributed by atoms with van der Waals surface area (Å²) in [5.41, 5.74) is 6.83. The Hall–Kier alpha value is -2.43. The van der Waals surface area contributed by atoms with Crippen LogP contribution in [0.1, 0.15) is 10.4 Å². The summed E-state index contributed by atoms with van der Waals surface area (Å²) in [6.07, 6.45) is 0. The quantitative estimate of drug-likeness (QED) is 0.846. The highest BCUT2D eigenvalue weighted by molar-refractivity contribution is 6.05. The molecule has 19 heavy (non-hydrogen) atoms. The number of rotatable bonds is 2. The summed E-state index contributed by atoms with van der Waals surface area (Å²) in [5.74, 6) is -2.45. The molecule has 0 aliphatic rings. The number of nitrogens with zero attached hydrogens (tertiary/aromatic N) is 1. The summed E-state index contributed by atoms with van der Waals surface area (Å²) in [5, 5.41) is 0. The van der Waals surface area contributed by atoms with Crippen LogP contribution in [-0.2, 0) is 0 Å². The van der Waals surface area contributed by atoms with Crippen molar-refractivity contribution in [3.05, 3.63) is 59.7 Å². The van der Waals surface area contributed by atoms with Crippen molar-refractivity contribution in [2.75, 3.05) is 17.7 Å². The number of halogens is 2. The first-order chi connectivity index (χ1) is 8.99. The van der Waals surface area contributed by atoms with E-state index in [9.17, 15) is 13.6 Å². The number of nitrogens with two attached hydrogens (primary N) is 1. The lowest BCUT2D eigenvalue weighted by Crippen LogP contribution is -2.26. The van der Waals surface area contributed by atoms with Gasteiger partial charge in [-0.2, -0.15) is 0 Å². The molecule has 2 N–H and O–H groups in total. The van der Waals surface area contributed by atoms with Crippen LogP contribution in [0.25, 0.3) is 0 Å². The number of nitrogen functional groups attached to an aromatic ring is 1. The topological polar surface area (TPSA) is 46.3 Å². The fraction of sp³-hybridized carbons (Fsp3) is 0.0714. The van der Waals surface area contributed by atoms with Gasteiger partial charge in [-0.05, 0) is 42.5 Å². The summed E-state index contributed by atoms with van der Waals surface area (Å²) < 4.78 is 25.9. The molecule has 0 heterocycles. The number of carbonyl (C=O) groups is 1. The van der Waals surface area contributed by atoms with E-state index in [0.717, 1.165) is 12.1 Å². The Kier molecular flexibility index (Phi) is 3.46. The fourth-order valence-electron chi connectivity index (χ4n) is 1.64. The van der Waals surface area contributed by atoms with Crippen molar-refractivity contribution in [3.8, 4) is 0 Å². The van der Waals surface area contributed by atoms with Gasteiger partial charge in [0.15, 0.2) is 11.6 Å². The van der Waals surface area contributed by atoms with E-state index < -0.39 is 17.5 Å². The molecule has 0 bridgehead atoms. The highest BCUT2D eigenvalue weighted by Crippen LogP contribution is 2.18. The van der Waals surface area contributed by atoms with Gasteiger partial charge in [0, 0.05) is 24.0 Å². The van der Waals surface area contributed by atoms with Crippen LogP contribution in [0, 0.1) is 11.6 Å². The lowest BCUT2D eigenvalue weighted by molar-refractivity contribution is 0.0992. The Labute approximate surface area is 109 Å². The molecule has 0 spiro atoms. The number of amides is 1. The maximum atomic E-state index is 13.1. The second-order valence-corrected chi connectivity index (χ2v) is 4.08. The Balaban J connectivity index is 2.28. The second kappa shape index (κ2) is 5.06. The van der Waals surface area contributed by atoms with Crippen LogP contribution >= 0.6 is 0 Å². The maximum Gasteiger partial charge on any atom is 0.258 e. The summed E-state index contributed by atoms with van der Waals surface area (Å²) in [6.45, 7) is 0. The van der Waals surface area contributed by atoms with Gasteiger partial charge in [-0.1, -0.05) is 0 Å². The van der Waals surface area contributed by atoms with E-state index in [0.29, 0.717) is 11.4 Å². The molecule has 2 rings (SSSR count). The minimum atomic E-state index is -1.04. The number of hydrogen-bond donors (Lipinski definition) is 1. The van der Waals surface area contributed by atoms with Gasteiger partial charge in [0.1, 0.15) is 0 Å². The highest BCUT2D eigenvalue weighted by atomic mass is 19.2. The number of carbonyl (C=O) groups excluding carboxylic acids is 1. The van der Waals surface area contributed by atoms with E-state index in [2.05, 4.69) is 0 Å². The molecule has 98 valence electrons. The summed E-state index contributed by atoms with van der Waals surface area (Å²) >= 11 is 0. The molecule has 2 aromatic rings. The fourth-order valence-corrected chi connectivity index (χ4v) is 1.64. The molecule has 0 aliphatic heterocycles. The molecule has 0 saturated heterocycles. The third-order valence-electron chi connectivity index (χ3n) is 2.75. The molecule has 0 aromatic heterocycles. The molecule has 0 unspecified atom stereocenters. The Morgan fingerprint density at radius 2 is 1.68 bits per heavy atom. The SMILES string of the molecule is CN(C(=O)c1ccc(F)c(F)c1)c1ccc(N)cc1. The largest absolute Gasteiger partial charge is 0.399 e. The molecule has 0 aliphatic carbocycles. The highest BCUT2D eigenvalue weighted by Gasteiger charge is 2.15. The standard InChI is InChI=1S/C14H12F2N2O/c1-18(11-5-3-10(17)4-6-11)14(19)9-2-7-12(15)13(16)8-9/h2-8H,17H2,1H3. The zero-order valence-corrected chi connectivity index (χ0v) is 10.2. The van der Waals surface area contributed by atoms with E-state index in [4.69, 9.17) is 5.73 Å². The van der Waals surface area contributed by atoms with Crippen molar-refractivity contribution < 1.29 is 13.6 Å². The predicted molar refractivity (Wildman–Crippen MR) is 69.9 cm³/mol. The second-order valence-electron chi connectivity index (χ2n) is 4.08. The van der Waals surface area contributed by atoms with Crippen LogP contribution in [0.3, 0.4) is 0 Å². The van der Waals surface area contributed by atoms with Crippen LogP contribution in [0.15, 0.2) is 42.5 Å².